The van der Waals surface area contributed by atoms with E-state index in [1.165, 1.54) is 23.9 Å². The third-order valence-electron chi connectivity index (χ3n) is 6.34. The van der Waals surface area contributed by atoms with Crippen molar-refractivity contribution in [2.45, 2.75) is 49.5 Å². The van der Waals surface area contributed by atoms with E-state index in [-0.39, 0.29) is 5.82 Å². The molecule has 2 aromatic carbocycles. The number of rotatable bonds is 9. The highest BCUT2D eigenvalue weighted by Gasteiger charge is 2.37. The molecular weight excluding hydrogens is 522 g/mol. The Morgan fingerprint density at radius 2 is 1.87 bits per heavy atom. The van der Waals surface area contributed by atoms with E-state index in [4.69, 9.17) is 9.47 Å². The topological polar surface area (TPSA) is 66.5 Å². The number of benzene rings is 2. The van der Waals surface area contributed by atoms with Crippen molar-refractivity contribution < 1.29 is 27.0 Å². The minimum absolute atomic E-state index is 0.342. The van der Waals surface area contributed by atoms with Crippen LogP contribution < -0.4 is 0 Å². The SMILES string of the molecule is CSc1cc([C@@H](C)O[C@H]2OCCN(Cc3n[nH]nc3CN(C)C)[C@H]2c2ccc(F)cc2)cc(C(F)(F)F)c1. The highest BCUT2D eigenvalue weighted by Crippen LogP contribution is 2.38. The summed E-state index contributed by atoms with van der Waals surface area (Å²) in [6, 6.07) is 9.56. The molecule has 0 bridgehead atoms. The van der Waals surface area contributed by atoms with Gasteiger partial charge in [-0.3, -0.25) is 4.90 Å². The van der Waals surface area contributed by atoms with E-state index in [9.17, 15) is 17.6 Å². The maximum absolute atomic E-state index is 13.8. The zero-order valence-corrected chi connectivity index (χ0v) is 22.4. The van der Waals surface area contributed by atoms with E-state index < -0.39 is 30.2 Å². The highest BCUT2D eigenvalue weighted by molar-refractivity contribution is 7.98. The molecule has 0 radical (unpaired) electrons. The van der Waals surface area contributed by atoms with Crippen LogP contribution in [0.2, 0.25) is 0 Å². The molecule has 3 aromatic rings. The number of H-pyrrole nitrogens is 1. The Hall–Kier alpha value is -2.51. The molecule has 1 N–H and O–H groups in total. The summed E-state index contributed by atoms with van der Waals surface area (Å²) in [5.41, 5.74) is 2.00. The van der Waals surface area contributed by atoms with Crippen LogP contribution in [0.25, 0.3) is 0 Å². The Labute approximate surface area is 223 Å². The summed E-state index contributed by atoms with van der Waals surface area (Å²) >= 11 is 1.23. The van der Waals surface area contributed by atoms with Crippen LogP contribution in [0.3, 0.4) is 0 Å². The number of nitrogens with zero attached hydrogens (tertiary/aromatic N) is 4. The van der Waals surface area contributed by atoms with Crippen LogP contribution in [-0.4, -0.2) is 65.0 Å². The fourth-order valence-corrected chi connectivity index (χ4v) is 4.94. The molecule has 206 valence electrons. The standard InChI is InChI=1S/C26H31F4N5O2S/c1-16(18-11-19(26(28,29)30)13-21(12-18)38-4)37-25-24(17-5-7-20(27)8-6-17)35(9-10-36-25)15-23-22(14-34(2)3)31-33-32-23/h5-8,11-13,16,24-25H,9-10,14-15H2,1-4H3,(H,31,32,33)/t16-,24+,25-/m1/s1. The maximum Gasteiger partial charge on any atom is 0.416 e. The van der Waals surface area contributed by atoms with Crippen LogP contribution in [0.4, 0.5) is 17.6 Å². The van der Waals surface area contributed by atoms with Crippen LogP contribution in [-0.2, 0) is 28.7 Å². The summed E-state index contributed by atoms with van der Waals surface area (Å²) in [7, 11) is 3.88. The quantitative estimate of drug-likeness (QED) is 0.280. The van der Waals surface area contributed by atoms with Gasteiger partial charge in [0.1, 0.15) is 17.2 Å². The second kappa shape index (κ2) is 12.1. The zero-order valence-electron chi connectivity index (χ0n) is 21.6. The summed E-state index contributed by atoms with van der Waals surface area (Å²) in [5, 5.41) is 11.3. The van der Waals surface area contributed by atoms with Crippen molar-refractivity contribution in [2.24, 2.45) is 0 Å². The van der Waals surface area contributed by atoms with Gasteiger partial charge in [0.15, 0.2) is 6.29 Å². The van der Waals surface area contributed by atoms with Crippen LogP contribution in [0.15, 0.2) is 47.4 Å². The number of nitrogens with one attached hydrogen (secondary N) is 1. The molecule has 0 unspecified atom stereocenters. The Morgan fingerprint density at radius 3 is 2.53 bits per heavy atom. The predicted molar refractivity (Wildman–Crippen MR) is 136 cm³/mol. The van der Waals surface area contributed by atoms with Crippen molar-refractivity contribution in [1.29, 1.82) is 0 Å². The zero-order chi connectivity index (χ0) is 27.4. The number of ether oxygens (including phenoxy) is 2. The van der Waals surface area contributed by atoms with E-state index in [1.807, 2.05) is 19.0 Å². The van der Waals surface area contributed by atoms with Crippen LogP contribution in [0.1, 0.15) is 47.1 Å². The van der Waals surface area contributed by atoms with Crippen LogP contribution in [0, 0.1) is 5.82 Å². The van der Waals surface area contributed by atoms with E-state index in [0.717, 1.165) is 29.1 Å². The molecule has 0 amide bonds. The van der Waals surface area contributed by atoms with Gasteiger partial charge < -0.3 is 14.4 Å². The predicted octanol–water partition coefficient (Wildman–Crippen LogP) is 5.42. The summed E-state index contributed by atoms with van der Waals surface area (Å²) in [6.45, 7) is 3.62. The number of thioether (sulfide) groups is 1. The fraction of sp³-hybridized carbons (Fsp3) is 0.462. The van der Waals surface area contributed by atoms with Gasteiger partial charge in [0, 0.05) is 24.5 Å². The first-order valence-corrected chi connectivity index (χ1v) is 13.3. The van der Waals surface area contributed by atoms with Crippen molar-refractivity contribution in [1.82, 2.24) is 25.2 Å². The molecule has 1 aromatic heterocycles. The lowest BCUT2D eigenvalue weighted by molar-refractivity contribution is -0.231. The molecule has 1 aliphatic heterocycles. The van der Waals surface area contributed by atoms with Crippen molar-refractivity contribution in [3.05, 3.63) is 76.4 Å². The van der Waals surface area contributed by atoms with E-state index >= 15 is 0 Å². The summed E-state index contributed by atoms with van der Waals surface area (Å²) in [4.78, 5) is 4.60. The minimum Gasteiger partial charge on any atom is -0.349 e. The van der Waals surface area contributed by atoms with Crippen molar-refractivity contribution in [2.75, 3.05) is 33.5 Å². The third kappa shape index (κ3) is 6.92. The Morgan fingerprint density at radius 1 is 1.16 bits per heavy atom. The first kappa shape index (κ1) is 28.5. The average Bonchev–Trinajstić information content (AvgIpc) is 3.29. The first-order valence-electron chi connectivity index (χ1n) is 12.1. The number of aromatic nitrogens is 3. The molecule has 0 aliphatic carbocycles. The molecule has 2 heterocycles. The Kier molecular flexibility index (Phi) is 9.09. The highest BCUT2D eigenvalue weighted by atomic mass is 32.2. The Balaban J connectivity index is 1.63. The van der Waals surface area contributed by atoms with Gasteiger partial charge in [-0.25, -0.2) is 4.39 Å². The average molecular weight is 554 g/mol. The monoisotopic (exact) mass is 553 g/mol. The number of halogens is 4. The van der Waals surface area contributed by atoms with Gasteiger partial charge in [0.2, 0.25) is 0 Å². The molecule has 1 fully saturated rings. The van der Waals surface area contributed by atoms with E-state index in [2.05, 4.69) is 20.3 Å². The van der Waals surface area contributed by atoms with Gasteiger partial charge in [-0.05, 0) is 68.7 Å². The number of hydrogen-bond donors (Lipinski definition) is 1. The molecule has 38 heavy (non-hydrogen) atoms. The summed E-state index contributed by atoms with van der Waals surface area (Å²) in [5.74, 6) is -0.374. The molecule has 1 saturated heterocycles. The molecule has 0 saturated carbocycles. The second-order valence-corrected chi connectivity index (χ2v) is 10.3. The largest absolute Gasteiger partial charge is 0.416 e. The molecule has 7 nitrogen and oxygen atoms in total. The lowest BCUT2D eigenvalue weighted by Crippen LogP contribution is -2.46. The van der Waals surface area contributed by atoms with Crippen molar-refractivity contribution in [3.8, 4) is 0 Å². The van der Waals surface area contributed by atoms with Gasteiger partial charge in [0.25, 0.3) is 0 Å². The lowest BCUT2D eigenvalue weighted by Gasteiger charge is -2.42. The first-order chi connectivity index (χ1) is 18.0. The van der Waals surface area contributed by atoms with Crippen molar-refractivity contribution >= 4 is 11.8 Å². The van der Waals surface area contributed by atoms with Gasteiger partial charge >= 0.3 is 6.18 Å². The molecule has 4 rings (SSSR count). The molecule has 3 atom stereocenters. The summed E-state index contributed by atoms with van der Waals surface area (Å²) < 4.78 is 66.7. The molecule has 0 spiro atoms. The molecular formula is C26H31F4N5O2S. The molecule has 12 heteroatoms. The number of morpholine rings is 1. The van der Waals surface area contributed by atoms with Gasteiger partial charge in [-0.2, -0.15) is 28.6 Å². The van der Waals surface area contributed by atoms with E-state index in [0.29, 0.717) is 36.7 Å². The minimum atomic E-state index is -4.48. The van der Waals surface area contributed by atoms with Gasteiger partial charge in [-0.15, -0.1) is 11.8 Å². The second-order valence-electron chi connectivity index (χ2n) is 9.43. The normalized spacial score (nSPS) is 19.7. The smallest absolute Gasteiger partial charge is 0.349 e. The summed E-state index contributed by atoms with van der Waals surface area (Å²) in [6.07, 6.45) is -4.27. The van der Waals surface area contributed by atoms with E-state index in [1.54, 1.807) is 31.4 Å². The maximum atomic E-state index is 13.8. The molecule has 1 aliphatic rings. The van der Waals surface area contributed by atoms with Crippen molar-refractivity contribution in [3.63, 3.8) is 0 Å². The Bertz CT molecular complexity index is 1210. The van der Waals surface area contributed by atoms with Gasteiger partial charge in [0.05, 0.1) is 24.3 Å². The van der Waals surface area contributed by atoms with Crippen LogP contribution >= 0.6 is 11.8 Å². The number of alkyl halides is 3. The number of aromatic amines is 1. The lowest BCUT2D eigenvalue weighted by atomic mass is 10.0. The van der Waals surface area contributed by atoms with Crippen LogP contribution in [0.5, 0.6) is 0 Å². The third-order valence-corrected chi connectivity index (χ3v) is 7.05. The fourth-order valence-electron chi connectivity index (χ4n) is 4.45. The number of hydrogen-bond acceptors (Lipinski definition) is 7. The van der Waals surface area contributed by atoms with Gasteiger partial charge in [-0.1, -0.05) is 12.1 Å².